The van der Waals surface area contributed by atoms with Gasteiger partial charge in [0.05, 0.1) is 31.3 Å². The third-order valence-electron chi connectivity index (χ3n) is 14.0. The number of hydrogen-bond acceptors (Lipinski definition) is 19. The van der Waals surface area contributed by atoms with Crippen LogP contribution in [-0.4, -0.2) is 99.4 Å². The first-order valence-corrected chi connectivity index (χ1v) is 31.3. The Labute approximate surface area is 559 Å². The van der Waals surface area contributed by atoms with Gasteiger partial charge in [-0.25, -0.2) is 0 Å². The molecule has 0 unspecified atom stereocenters. The summed E-state index contributed by atoms with van der Waals surface area (Å²) in [6.07, 6.45) is 2.35. The molecule has 24 heteroatoms. The van der Waals surface area contributed by atoms with Gasteiger partial charge in [0.1, 0.15) is 57.1 Å². The summed E-state index contributed by atoms with van der Waals surface area (Å²) in [6.45, 7) is 19.3. The normalized spacial score (nSPS) is 13.6. The molecule has 24 nitrogen and oxygen atoms in total. The molecule has 3 aliphatic rings. The number of carbonyl (C=O) groups is 9. The van der Waals surface area contributed by atoms with Crippen molar-refractivity contribution >= 4 is 87.4 Å². The van der Waals surface area contributed by atoms with Gasteiger partial charge in [0, 0.05) is 66.4 Å². The van der Waals surface area contributed by atoms with Crippen LogP contribution in [0.4, 0.5) is 34.1 Å². The van der Waals surface area contributed by atoms with Crippen molar-refractivity contribution < 1.29 is 76.8 Å². The summed E-state index contributed by atoms with van der Waals surface area (Å²) in [5.41, 5.74) is 17.0. The van der Waals surface area contributed by atoms with E-state index in [0.717, 1.165) is 50.3 Å². The van der Waals surface area contributed by atoms with Crippen molar-refractivity contribution in [2.45, 2.75) is 163 Å². The lowest BCUT2D eigenvalue weighted by Gasteiger charge is -2.22. The molecule has 0 saturated carbocycles. The van der Waals surface area contributed by atoms with Gasteiger partial charge < -0.3 is 71.7 Å². The Morgan fingerprint density at radius 3 is 1.14 bits per heavy atom. The first kappa shape index (κ1) is 74.9. The van der Waals surface area contributed by atoms with E-state index in [0.29, 0.717) is 65.7 Å². The lowest BCUT2D eigenvalue weighted by atomic mass is 10.0. The fraction of sp³-hybridized carbons (Fsp3) is 0.375. The monoisotopic (exact) mass is 1320 g/mol. The zero-order valence-corrected chi connectivity index (χ0v) is 56.4. The molecule has 0 spiro atoms. The molecule has 9 rings (SSSR count). The second kappa shape index (κ2) is 33.8. The van der Waals surface area contributed by atoms with Crippen molar-refractivity contribution in [2.24, 2.45) is 11.7 Å². The number of nitrogens with two attached hydrogens (primary N) is 2. The molecular formula is C72H88N8O16. The fourth-order valence-corrected chi connectivity index (χ4v) is 9.42. The highest BCUT2D eigenvalue weighted by Gasteiger charge is 2.26. The highest BCUT2D eigenvalue weighted by Crippen LogP contribution is 2.34. The predicted octanol–water partition coefficient (Wildman–Crippen LogP) is 12.0. The molecule has 512 valence electrons. The fourth-order valence-electron chi connectivity index (χ4n) is 9.42. The van der Waals surface area contributed by atoms with Crippen LogP contribution < -0.4 is 52.3 Å². The molecule has 0 radical (unpaired) electrons. The summed E-state index contributed by atoms with van der Waals surface area (Å²) >= 11 is 0. The van der Waals surface area contributed by atoms with Crippen molar-refractivity contribution in [3.8, 4) is 34.5 Å². The summed E-state index contributed by atoms with van der Waals surface area (Å²) in [5, 5.41) is 23.9. The zero-order valence-electron chi connectivity index (χ0n) is 56.4. The lowest BCUT2D eigenvalue weighted by Crippen LogP contribution is -2.36. The molecule has 0 saturated heterocycles. The quantitative estimate of drug-likeness (QED) is 0.0144. The first-order chi connectivity index (χ1) is 45.0. The number of amides is 5. The maximum atomic E-state index is 12.4. The van der Waals surface area contributed by atoms with Gasteiger partial charge in [-0.05, 0) is 233 Å². The van der Waals surface area contributed by atoms with E-state index in [-0.39, 0.29) is 91.2 Å². The summed E-state index contributed by atoms with van der Waals surface area (Å²) < 4.78 is 33.0. The van der Waals surface area contributed by atoms with Gasteiger partial charge in [-0.1, -0.05) is 6.92 Å². The maximum Gasteiger partial charge on any atom is 0.306 e. The Hall–Kier alpha value is -10.2. The molecule has 5 amide bonds. The molecule has 0 bridgehead atoms. The molecule has 96 heavy (non-hydrogen) atoms. The molecule has 0 aliphatic carbocycles. The number of benzene rings is 6. The number of rotatable bonds is 21. The van der Waals surface area contributed by atoms with Gasteiger partial charge >= 0.3 is 17.9 Å². The molecule has 0 aromatic heterocycles. The lowest BCUT2D eigenvalue weighted by molar-refractivity contribution is -0.158. The number of hydroxylamine groups is 2. The number of nitrogen functional groups attached to an aromatic ring is 1. The van der Waals surface area contributed by atoms with Crippen LogP contribution in [0, 0.1) is 5.92 Å². The number of ether oxygens (including phenoxy) is 6. The molecule has 0 fully saturated rings. The number of likely N-dealkylation sites (N-methyl/N-ethyl adjacent to an activating group) is 1. The average molecular weight is 1320 g/mol. The Balaban J connectivity index is 0.000000211. The smallest absolute Gasteiger partial charge is 0.306 e. The second-order valence-corrected chi connectivity index (χ2v) is 26.1. The van der Waals surface area contributed by atoms with Crippen LogP contribution in [0.1, 0.15) is 131 Å². The van der Waals surface area contributed by atoms with E-state index in [1.54, 1.807) is 121 Å². The topological polar surface area (TPSA) is 345 Å². The van der Waals surface area contributed by atoms with Gasteiger partial charge in [0.2, 0.25) is 29.5 Å². The van der Waals surface area contributed by atoms with Crippen LogP contribution in [0.25, 0.3) is 0 Å². The van der Waals surface area contributed by atoms with Gasteiger partial charge in [-0.3, -0.25) is 43.2 Å². The van der Waals surface area contributed by atoms with E-state index in [1.165, 1.54) is 14.0 Å². The Bertz CT molecular complexity index is 3580. The van der Waals surface area contributed by atoms with Crippen molar-refractivity contribution in [3.63, 3.8) is 0 Å². The van der Waals surface area contributed by atoms with E-state index in [1.807, 2.05) is 75.4 Å². The molecule has 3 heterocycles. The summed E-state index contributed by atoms with van der Waals surface area (Å²) in [6, 6.07) is 36.0. The Kier molecular flexibility index (Phi) is 26.3. The second-order valence-electron chi connectivity index (χ2n) is 26.1. The van der Waals surface area contributed by atoms with E-state index in [2.05, 4.69) is 26.6 Å². The minimum absolute atomic E-state index is 0.0208. The van der Waals surface area contributed by atoms with Crippen LogP contribution in [0.15, 0.2) is 127 Å². The number of anilines is 6. The number of esters is 3. The Morgan fingerprint density at radius 2 is 0.802 bits per heavy atom. The number of nitrogens with zero attached hydrogens (tertiary/aromatic N) is 1. The van der Waals surface area contributed by atoms with Crippen molar-refractivity contribution in [1.29, 1.82) is 0 Å². The minimum atomic E-state index is -0.828. The highest BCUT2D eigenvalue weighted by molar-refractivity contribution is 6.01. The molecule has 3 atom stereocenters. The van der Waals surface area contributed by atoms with Gasteiger partial charge in [-0.15, -0.1) is 0 Å². The van der Waals surface area contributed by atoms with Crippen molar-refractivity contribution in [2.75, 3.05) is 39.4 Å². The van der Waals surface area contributed by atoms with Crippen LogP contribution in [0.3, 0.4) is 0 Å². The molecular weight excluding hydrogens is 1230 g/mol. The van der Waals surface area contributed by atoms with Crippen molar-refractivity contribution in [3.05, 3.63) is 144 Å². The summed E-state index contributed by atoms with van der Waals surface area (Å²) in [5.74, 6) is 1.79. The number of carbonyl (C=O) groups excluding carboxylic acids is 9. The highest BCUT2D eigenvalue weighted by atomic mass is 16.6. The number of Topliss-reactive ketones (excluding diaryl/α,β-unsaturated/α-hetero) is 1. The van der Waals surface area contributed by atoms with Gasteiger partial charge in [0.15, 0.2) is 0 Å². The standard InChI is InChI=1S/C24H28N2O5.C23H27N3O5.C14H12N2O2.C11H21NO4/c1-15(5-12-22(28)31-24(2,3)4)23(29)25-17-6-8-18(9-7-17)30-19-10-11-20-16(13-19)14-21(27)26-20;1-23(2,3)31-21(28)11-9-18(24)22(29)25-15-4-6-16(7-5-15)30-17-8-10-19-14(12-17)13-20(27)26-19;15-10-1-3-11(4-2-10)18-12-5-6-13-9(7-12)8-14(17)16-13;1-8(13)9(12(5)15)6-7-10(14)16-11(2,3)4/h6-11,13,15H,5,12,14H2,1-4H3,(H,25,29)(H,26,27);4-8,10,12,18H,9,11,13,24H2,1-3H3,(H,25,29)(H,26,27);1-7H,8,15H2,(H,16,17);9,15H,6-7H2,1-5H3/t15-;18-;;9-/m00.0/s1. The van der Waals surface area contributed by atoms with Gasteiger partial charge in [-0.2, -0.15) is 5.06 Å². The number of ketones is 1. The zero-order chi connectivity index (χ0) is 70.7. The minimum Gasteiger partial charge on any atom is -0.460 e. The SMILES string of the molecule is CC(=O)[C@H](CCC(=O)OC(C)(C)C)N(C)O.CC(C)(C)OC(=O)CC[C@H](N)C(=O)Nc1ccc(Oc2ccc3c(c2)CC(=O)N3)cc1.C[C@@H](CCC(=O)OC(C)(C)C)C(=O)Nc1ccc(Oc2ccc3c(c2)CC(=O)N3)cc1.Nc1ccc(Oc2ccc3c(c2)CC(=O)N3)cc1. The maximum absolute atomic E-state index is 12.4. The van der Waals surface area contributed by atoms with E-state index in [4.69, 9.17) is 39.9 Å². The molecule has 3 aliphatic heterocycles. The first-order valence-electron chi connectivity index (χ1n) is 31.3. The van der Waals surface area contributed by atoms with E-state index in [9.17, 15) is 48.4 Å². The Morgan fingerprint density at radius 1 is 0.490 bits per heavy atom. The van der Waals surface area contributed by atoms with E-state index >= 15 is 0 Å². The number of fused-ring (bicyclic) bond motifs is 3. The van der Waals surface area contributed by atoms with Crippen LogP contribution in [-0.2, 0) is 76.6 Å². The summed E-state index contributed by atoms with van der Waals surface area (Å²) in [7, 11) is 1.39. The molecule has 10 N–H and O–H groups in total. The number of nitrogens with one attached hydrogen (secondary N) is 5. The van der Waals surface area contributed by atoms with E-state index < -0.39 is 28.9 Å². The third kappa shape index (κ3) is 26.0. The molecule has 6 aromatic carbocycles. The van der Waals surface area contributed by atoms with Crippen LogP contribution >= 0.6 is 0 Å². The summed E-state index contributed by atoms with van der Waals surface area (Å²) in [4.78, 5) is 105. The van der Waals surface area contributed by atoms with Crippen LogP contribution in [0.5, 0.6) is 34.5 Å². The van der Waals surface area contributed by atoms with Gasteiger partial charge in [0.25, 0.3) is 0 Å². The van der Waals surface area contributed by atoms with Crippen LogP contribution in [0.2, 0.25) is 0 Å². The number of hydrogen-bond donors (Lipinski definition) is 8. The van der Waals surface area contributed by atoms with Crippen molar-refractivity contribution in [1.82, 2.24) is 5.06 Å². The third-order valence-corrected chi connectivity index (χ3v) is 14.0. The molecule has 6 aromatic rings. The predicted molar refractivity (Wildman–Crippen MR) is 364 cm³/mol. The average Bonchev–Trinajstić information content (AvgIpc) is 1.74. The largest absolute Gasteiger partial charge is 0.460 e.